The Hall–Kier alpha value is -3.78. The number of halogens is 4. The van der Waals surface area contributed by atoms with E-state index in [1.54, 1.807) is 12.3 Å². The smallest absolute Gasteiger partial charge is 0.318 e. The number of hydrogen-bond donors (Lipinski definition) is 2. The van der Waals surface area contributed by atoms with Crippen molar-refractivity contribution < 1.29 is 31.8 Å². The van der Waals surface area contributed by atoms with Crippen LogP contribution in [-0.2, 0) is 6.54 Å². The van der Waals surface area contributed by atoms with Gasteiger partial charge in [-0.3, -0.25) is 4.79 Å². The first kappa shape index (κ1) is 26.1. The zero-order chi connectivity index (χ0) is 28.5. The highest BCUT2D eigenvalue weighted by Gasteiger charge is 2.54. The number of carbonyl (C=O) groups is 2. The number of nitrogens with one attached hydrogen (secondary N) is 2. The Kier molecular flexibility index (Phi) is 5.98. The van der Waals surface area contributed by atoms with Crippen molar-refractivity contribution in [2.45, 2.75) is 93.8 Å². The Balaban J connectivity index is 1.15. The number of hydrogen-bond acceptors (Lipinski definition) is 7. The fraction of sp³-hybridized carbons (Fsp3) is 0.615. The molecule has 0 aromatic carbocycles. The summed E-state index contributed by atoms with van der Waals surface area (Å²) in [7, 11) is 0. The van der Waals surface area contributed by atoms with Gasteiger partial charge < -0.3 is 15.5 Å². The summed E-state index contributed by atoms with van der Waals surface area (Å²) in [6.45, 7) is 0.0791. The molecule has 4 heterocycles. The topological polar surface area (TPSA) is 131 Å². The first-order chi connectivity index (χ1) is 19.6. The highest BCUT2D eigenvalue weighted by molar-refractivity contribution is 5.93. The van der Waals surface area contributed by atoms with Gasteiger partial charge in [-0.15, -0.1) is 0 Å². The fourth-order valence-corrected chi connectivity index (χ4v) is 6.43. The highest BCUT2D eigenvalue weighted by Crippen LogP contribution is 2.43. The van der Waals surface area contributed by atoms with Crippen LogP contribution in [0.15, 0.2) is 23.1 Å². The van der Waals surface area contributed by atoms with Gasteiger partial charge in [0.05, 0.1) is 36.2 Å². The minimum absolute atomic E-state index is 0.0791. The minimum Gasteiger partial charge on any atom is -0.342 e. The average molecular weight is 577 g/mol. The Morgan fingerprint density at radius 3 is 2.66 bits per heavy atom. The first-order valence-electron chi connectivity index (χ1n) is 13.9. The molecule has 0 radical (unpaired) electrons. The molecule has 15 heteroatoms. The molecule has 0 bridgehead atoms. The van der Waals surface area contributed by atoms with E-state index in [-0.39, 0.29) is 56.2 Å². The molecule has 3 aromatic heterocycles. The maximum Gasteiger partial charge on any atom is 0.318 e. The summed E-state index contributed by atoms with van der Waals surface area (Å²) in [6, 6.07) is -0.604. The van der Waals surface area contributed by atoms with Crippen LogP contribution in [0.1, 0.15) is 90.8 Å². The van der Waals surface area contributed by atoms with E-state index in [2.05, 4.69) is 31.0 Å². The van der Waals surface area contributed by atoms with Crippen LogP contribution >= 0.6 is 0 Å². The molecule has 218 valence electrons. The predicted octanol–water partition coefficient (Wildman–Crippen LogP) is 3.98. The lowest BCUT2D eigenvalue weighted by Gasteiger charge is -2.33. The summed E-state index contributed by atoms with van der Waals surface area (Å²) in [5.41, 5.74) is 2.03. The van der Waals surface area contributed by atoms with E-state index in [9.17, 15) is 27.2 Å². The van der Waals surface area contributed by atoms with Crippen molar-refractivity contribution in [1.29, 1.82) is 0 Å². The minimum atomic E-state index is -2.83. The van der Waals surface area contributed by atoms with Crippen LogP contribution in [-0.4, -0.2) is 65.7 Å². The second-order valence-electron chi connectivity index (χ2n) is 11.8. The van der Waals surface area contributed by atoms with Gasteiger partial charge in [0.1, 0.15) is 5.69 Å². The van der Waals surface area contributed by atoms with Crippen molar-refractivity contribution in [2.75, 3.05) is 0 Å². The van der Waals surface area contributed by atoms with E-state index in [1.807, 2.05) is 0 Å². The van der Waals surface area contributed by atoms with E-state index >= 15 is 0 Å². The molecule has 4 fully saturated rings. The summed E-state index contributed by atoms with van der Waals surface area (Å²) in [4.78, 5) is 31.8. The maximum atomic E-state index is 14.0. The molecule has 3 aromatic rings. The van der Waals surface area contributed by atoms with Gasteiger partial charge in [0.15, 0.2) is 11.3 Å². The van der Waals surface area contributed by atoms with Crippen LogP contribution < -0.4 is 10.6 Å². The zero-order valence-electron chi connectivity index (χ0n) is 21.9. The summed E-state index contributed by atoms with van der Waals surface area (Å²) in [5.74, 6) is -6.27. The standard InChI is InChI=1S/C26H28F4N8O3/c27-25(28)5-3-15(4-6-25)20(34-23(39)22-21(14-1-2-14)35-41-36-22)17-12-38-19(32-17)7-13(10-31-38)11-37-18-9-26(29,30)8-16(18)33-24(37)40/h7,10,12,14-16,18,20H,1-6,8-9,11H2,(H,33,40)(H,34,39). The number of fused-ring (bicyclic) bond motifs is 2. The third-order valence-electron chi connectivity index (χ3n) is 8.74. The predicted molar refractivity (Wildman–Crippen MR) is 132 cm³/mol. The molecule has 3 amide bonds. The molecule has 3 atom stereocenters. The quantitative estimate of drug-likeness (QED) is 0.407. The number of urea groups is 1. The normalized spacial score (nSPS) is 26.2. The largest absolute Gasteiger partial charge is 0.342 e. The summed E-state index contributed by atoms with van der Waals surface area (Å²) in [5, 5.41) is 17.6. The van der Waals surface area contributed by atoms with Gasteiger partial charge in [-0.05, 0) is 48.4 Å². The molecule has 11 nitrogen and oxygen atoms in total. The number of alkyl halides is 4. The molecule has 3 aliphatic carbocycles. The molecule has 4 aliphatic rings. The van der Waals surface area contributed by atoms with Crippen LogP contribution in [0.4, 0.5) is 22.4 Å². The van der Waals surface area contributed by atoms with E-state index in [0.29, 0.717) is 22.6 Å². The number of amides is 3. The van der Waals surface area contributed by atoms with Gasteiger partial charge in [-0.1, -0.05) is 5.16 Å². The molecule has 7 rings (SSSR count). The Morgan fingerprint density at radius 1 is 1.12 bits per heavy atom. The lowest BCUT2D eigenvalue weighted by molar-refractivity contribution is -0.0495. The van der Waals surface area contributed by atoms with Crippen molar-refractivity contribution in [3.8, 4) is 0 Å². The van der Waals surface area contributed by atoms with E-state index < -0.39 is 48.3 Å². The molecule has 3 unspecified atom stereocenters. The zero-order valence-corrected chi connectivity index (χ0v) is 21.9. The number of nitrogens with zero attached hydrogens (tertiary/aromatic N) is 6. The Morgan fingerprint density at radius 2 is 1.90 bits per heavy atom. The Labute approximate surface area is 231 Å². The molecular weight excluding hydrogens is 548 g/mol. The molecule has 2 N–H and O–H groups in total. The van der Waals surface area contributed by atoms with Crippen molar-refractivity contribution in [3.63, 3.8) is 0 Å². The van der Waals surface area contributed by atoms with Crippen LogP contribution in [0.3, 0.4) is 0 Å². The third-order valence-corrected chi connectivity index (χ3v) is 8.74. The Bertz CT molecular complexity index is 1490. The highest BCUT2D eigenvalue weighted by atomic mass is 19.3. The SMILES string of the molecule is O=C(NC(c1cn2ncc(CN3C(=O)NC4CC(F)(F)CC43)cc2n1)C1CCC(F)(F)CC1)c1nonc1C1CC1. The van der Waals surface area contributed by atoms with Gasteiger partial charge in [0, 0.05) is 38.1 Å². The number of carbonyl (C=O) groups excluding carboxylic acids is 2. The van der Waals surface area contributed by atoms with Crippen LogP contribution in [0.25, 0.3) is 5.65 Å². The molecule has 41 heavy (non-hydrogen) atoms. The lowest BCUT2D eigenvalue weighted by atomic mass is 9.81. The van der Waals surface area contributed by atoms with Crippen LogP contribution in [0, 0.1) is 5.92 Å². The number of aromatic nitrogens is 5. The van der Waals surface area contributed by atoms with E-state index in [4.69, 9.17) is 4.63 Å². The summed E-state index contributed by atoms with van der Waals surface area (Å²) in [6.07, 6.45) is 3.95. The third kappa shape index (κ3) is 4.99. The van der Waals surface area contributed by atoms with Crippen LogP contribution in [0.5, 0.6) is 0 Å². The van der Waals surface area contributed by atoms with Crippen molar-refractivity contribution in [1.82, 2.24) is 40.4 Å². The van der Waals surface area contributed by atoms with E-state index in [1.165, 1.54) is 15.6 Å². The average Bonchev–Trinajstić information content (AvgIpc) is 3.23. The van der Waals surface area contributed by atoms with Gasteiger partial charge in [-0.2, -0.15) is 5.10 Å². The van der Waals surface area contributed by atoms with Gasteiger partial charge in [0.2, 0.25) is 5.92 Å². The molecule has 1 saturated heterocycles. The van der Waals surface area contributed by atoms with Crippen LogP contribution in [0.2, 0.25) is 0 Å². The number of imidazole rings is 1. The first-order valence-corrected chi connectivity index (χ1v) is 13.9. The lowest BCUT2D eigenvalue weighted by Crippen LogP contribution is -2.37. The monoisotopic (exact) mass is 576 g/mol. The number of rotatable bonds is 7. The molecule has 3 saturated carbocycles. The van der Waals surface area contributed by atoms with Crippen molar-refractivity contribution >= 4 is 17.6 Å². The van der Waals surface area contributed by atoms with E-state index in [0.717, 1.165) is 12.8 Å². The maximum absolute atomic E-state index is 14.0. The summed E-state index contributed by atoms with van der Waals surface area (Å²) >= 11 is 0. The molecular formula is C26H28F4N8O3. The van der Waals surface area contributed by atoms with Crippen molar-refractivity contribution in [3.05, 3.63) is 41.1 Å². The summed E-state index contributed by atoms with van der Waals surface area (Å²) < 4.78 is 62.2. The molecule has 1 aliphatic heterocycles. The van der Waals surface area contributed by atoms with Gasteiger partial charge in [0.25, 0.3) is 11.8 Å². The van der Waals surface area contributed by atoms with Gasteiger partial charge >= 0.3 is 6.03 Å². The second kappa shape index (κ2) is 9.38. The fourth-order valence-electron chi connectivity index (χ4n) is 6.43. The molecule has 0 spiro atoms. The van der Waals surface area contributed by atoms with Crippen molar-refractivity contribution in [2.24, 2.45) is 5.92 Å². The van der Waals surface area contributed by atoms with Gasteiger partial charge in [-0.25, -0.2) is 36.5 Å². The second-order valence-corrected chi connectivity index (χ2v) is 11.8.